The van der Waals surface area contributed by atoms with Gasteiger partial charge in [0.15, 0.2) is 0 Å². The van der Waals surface area contributed by atoms with Gasteiger partial charge in [0.1, 0.15) is 29.7 Å². The van der Waals surface area contributed by atoms with Gasteiger partial charge in [-0.05, 0) is 60.0 Å². The van der Waals surface area contributed by atoms with E-state index in [-0.39, 0.29) is 18.3 Å². The fourth-order valence-corrected chi connectivity index (χ4v) is 3.23. The predicted molar refractivity (Wildman–Crippen MR) is 134 cm³/mol. The molecule has 3 rings (SSSR count). The summed E-state index contributed by atoms with van der Waals surface area (Å²) in [5.41, 5.74) is 21.5. The van der Waals surface area contributed by atoms with E-state index in [4.69, 9.17) is 32.8 Å². The third-order valence-electron chi connectivity index (χ3n) is 5.12. The van der Waals surface area contributed by atoms with Gasteiger partial charge < -0.3 is 27.3 Å². The minimum absolute atomic E-state index is 0.0156. The maximum Gasteiger partial charge on any atom is 0.241 e. The normalized spacial score (nSPS) is 10.7. The summed E-state index contributed by atoms with van der Waals surface area (Å²) in [6.07, 6.45) is 4.48. The number of anilines is 1. The van der Waals surface area contributed by atoms with Crippen LogP contribution in [0.1, 0.15) is 33.5 Å². The zero-order valence-corrected chi connectivity index (χ0v) is 18.8. The van der Waals surface area contributed by atoms with Crippen molar-refractivity contribution in [3.05, 3.63) is 94.3 Å². The molecule has 9 heteroatoms. The van der Waals surface area contributed by atoms with E-state index >= 15 is 0 Å². The van der Waals surface area contributed by atoms with Crippen LogP contribution >= 0.6 is 0 Å². The number of aromatic nitrogens is 1. The van der Waals surface area contributed by atoms with Gasteiger partial charge in [-0.3, -0.25) is 20.6 Å². The molecule has 0 radical (unpaired) electrons. The molecule has 9 N–H and O–H groups in total. The Labute approximate surface area is 197 Å². The molecule has 1 heterocycles. The van der Waals surface area contributed by atoms with Crippen LogP contribution in [0.2, 0.25) is 0 Å². The molecule has 0 fully saturated rings. The Morgan fingerprint density at radius 2 is 1.76 bits per heavy atom. The second-order valence-corrected chi connectivity index (χ2v) is 7.61. The molecule has 0 atom stereocenters. The molecule has 174 valence electrons. The predicted octanol–water partition coefficient (Wildman–Crippen LogP) is 2.65. The van der Waals surface area contributed by atoms with Gasteiger partial charge in [0.05, 0.1) is 0 Å². The number of nitrogen functional groups attached to an aromatic ring is 2. The van der Waals surface area contributed by atoms with Crippen LogP contribution in [-0.2, 0) is 17.9 Å². The average molecular weight is 458 g/mol. The molecular weight excluding hydrogens is 430 g/mol. The molecule has 1 aromatic heterocycles. The van der Waals surface area contributed by atoms with E-state index < -0.39 is 5.91 Å². The third kappa shape index (κ3) is 6.19. The summed E-state index contributed by atoms with van der Waals surface area (Å²) < 4.78 is 6.11. The Morgan fingerprint density at radius 3 is 2.41 bits per heavy atom. The van der Waals surface area contributed by atoms with E-state index in [0.717, 1.165) is 22.4 Å². The maximum atomic E-state index is 11.2. The number of nitrogens with zero attached hydrogens (tertiary/aromatic N) is 1. The summed E-state index contributed by atoms with van der Waals surface area (Å²) in [4.78, 5) is 15.7. The number of ether oxygens (including phenoxy) is 1. The number of nitrogens with one attached hydrogen (secondary N) is 3. The first kappa shape index (κ1) is 24.0. The van der Waals surface area contributed by atoms with Crippen LogP contribution in [0.4, 0.5) is 5.69 Å². The van der Waals surface area contributed by atoms with Crippen molar-refractivity contribution in [2.75, 3.05) is 5.32 Å². The van der Waals surface area contributed by atoms with Gasteiger partial charge in [-0.15, -0.1) is 0 Å². The van der Waals surface area contributed by atoms with Gasteiger partial charge in [-0.25, -0.2) is 0 Å². The molecule has 0 saturated carbocycles. The van der Waals surface area contributed by atoms with Crippen LogP contribution in [-0.4, -0.2) is 22.6 Å². The summed E-state index contributed by atoms with van der Waals surface area (Å²) in [5, 5.41) is 18.4. The Hall–Kier alpha value is -4.66. The van der Waals surface area contributed by atoms with Gasteiger partial charge in [-0.2, -0.15) is 0 Å². The van der Waals surface area contributed by atoms with Crippen LogP contribution < -0.4 is 27.3 Å². The first-order valence-electron chi connectivity index (χ1n) is 10.4. The van der Waals surface area contributed by atoms with Gasteiger partial charge in [-0.1, -0.05) is 18.2 Å². The highest BCUT2D eigenvalue weighted by atomic mass is 16.5. The Balaban J connectivity index is 1.83. The maximum absolute atomic E-state index is 11.2. The van der Waals surface area contributed by atoms with Crippen molar-refractivity contribution < 1.29 is 9.53 Å². The highest BCUT2D eigenvalue weighted by Crippen LogP contribution is 2.28. The second-order valence-electron chi connectivity index (χ2n) is 7.61. The number of benzene rings is 2. The van der Waals surface area contributed by atoms with Gasteiger partial charge in [0, 0.05) is 35.6 Å². The zero-order valence-electron chi connectivity index (χ0n) is 18.8. The molecule has 0 saturated heterocycles. The number of primary amides is 1. The Morgan fingerprint density at radius 1 is 1.06 bits per heavy atom. The number of hydrogen-bond acceptors (Lipinski definition) is 6. The highest BCUT2D eigenvalue weighted by molar-refractivity contribution is 5.95. The monoisotopic (exact) mass is 457 g/mol. The number of rotatable bonds is 10. The van der Waals surface area contributed by atoms with E-state index in [9.17, 15) is 4.79 Å². The first-order chi connectivity index (χ1) is 16.2. The number of nitrogens with two attached hydrogens (primary N) is 3. The van der Waals surface area contributed by atoms with E-state index in [2.05, 4.69) is 10.3 Å². The Kier molecular flexibility index (Phi) is 7.60. The van der Waals surface area contributed by atoms with E-state index in [1.54, 1.807) is 30.5 Å². The van der Waals surface area contributed by atoms with Crippen LogP contribution in [0.3, 0.4) is 0 Å². The molecule has 0 unspecified atom stereocenters. The van der Waals surface area contributed by atoms with Crippen molar-refractivity contribution in [1.82, 2.24) is 4.98 Å². The number of hydrogen-bond donors (Lipinski definition) is 6. The lowest BCUT2D eigenvalue weighted by atomic mass is 10.1. The number of carbonyl (C=O) groups excluding carboxylic acids is 1. The van der Waals surface area contributed by atoms with E-state index in [0.29, 0.717) is 29.1 Å². The molecule has 2 aromatic carbocycles. The summed E-state index contributed by atoms with van der Waals surface area (Å²) in [7, 11) is 0. The van der Waals surface area contributed by atoms with Crippen molar-refractivity contribution in [3.63, 3.8) is 0 Å². The average Bonchev–Trinajstić information content (AvgIpc) is 2.81. The molecular formula is C25H27N7O2. The number of amidine groups is 2. The molecule has 0 aliphatic heterocycles. The van der Waals surface area contributed by atoms with E-state index in [1.807, 2.05) is 31.2 Å². The summed E-state index contributed by atoms with van der Waals surface area (Å²) >= 11 is 0. The molecule has 0 bridgehead atoms. The largest absolute Gasteiger partial charge is 0.486 e. The summed E-state index contributed by atoms with van der Waals surface area (Å²) in [5.74, 6) is -0.0627. The van der Waals surface area contributed by atoms with Crippen molar-refractivity contribution in [2.45, 2.75) is 20.1 Å². The Bertz CT molecular complexity index is 1250. The van der Waals surface area contributed by atoms with Crippen molar-refractivity contribution in [3.8, 4) is 5.75 Å². The van der Waals surface area contributed by atoms with Crippen LogP contribution in [0.5, 0.6) is 5.75 Å². The minimum Gasteiger partial charge on any atom is -0.486 e. The van der Waals surface area contributed by atoms with Crippen molar-refractivity contribution in [2.24, 2.45) is 17.2 Å². The standard InChI is InChI=1S/C25H27N7O2/c1-15-19(12-31-20-7-5-17(6-8-20)24(27)28)13-32-21(9-10-22(26)33)23(15)34-14-16-3-2-4-18(11-16)25(29)30/h2-11,13,31H,12,14H2,1H3,(H2,26,33)(H3,27,28)(H3,29,30)/b10-9+. The lowest BCUT2D eigenvalue weighted by Gasteiger charge is -2.16. The molecule has 0 aliphatic carbocycles. The number of amides is 1. The number of carbonyl (C=O) groups is 1. The quantitative estimate of drug-likeness (QED) is 0.155. The molecule has 1 amide bonds. The number of pyridine rings is 1. The molecule has 0 spiro atoms. The zero-order chi connectivity index (χ0) is 24.7. The van der Waals surface area contributed by atoms with Crippen LogP contribution in [0.15, 0.2) is 60.8 Å². The lowest BCUT2D eigenvalue weighted by molar-refractivity contribution is -0.113. The minimum atomic E-state index is -0.584. The van der Waals surface area contributed by atoms with Crippen molar-refractivity contribution in [1.29, 1.82) is 10.8 Å². The summed E-state index contributed by atoms with van der Waals surface area (Å²) in [6.45, 7) is 2.62. The fourth-order valence-electron chi connectivity index (χ4n) is 3.23. The lowest BCUT2D eigenvalue weighted by Crippen LogP contribution is -2.12. The topological polar surface area (TPSA) is 177 Å². The molecule has 3 aromatic rings. The fraction of sp³-hybridized carbons (Fsp3) is 0.120. The highest BCUT2D eigenvalue weighted by Gasteiger charge is 2.13. The van der Waals surface area contributed by atoms with Crippen LogP contribution in [0, 0.1) is 17.7 Å². The molecule has 34 heavy (non-hydrogen) atoms. The first-order valence-corrected chi connectivity index (χ1v) is 10.4. The third-order valence-corrected chi connectivity index (χ3v) is 5.12. The summed E-state index contributed by atoms with van der Waals surface area (Å²) in [6, 6.07) is 14.5. The SMILES string of the molecule is Cc1c(CNc2ccc(C(=N)N)cc2)cnc(/C=C/C(N)=O)c1OCc1cccc(C(=N)N)c1. The van der Waals surface area contributed by atoms with Gasteiger partial charge >= 0.3 is 0 Å². The van der Waals surface area contributed by atoms with Gasteiger partial charge in [0.25, 0.3) is 0 Å². The van der Waals surface area contributed by atoms with E-state index in [1.165, 1.54) is 12.2 Å². The smallest absolute Gasteiger partial charge is 0.241 e. The molecule has 9 nitrogen and oxygen atoms in total. The van der Waals surface area contributed by atoms with Crippen LogP contribution in [0.25, 0.3) is 6.08 Å². The molecule has 0 aliphatic rings. The second kappa shape index (κ2) is 10.8. The van der Waals surface area contributed by atoms with Gasteiger partial charge in [0.2, 0.25) is 5.91 Å². The van der Waals surface area contributed by atoms with Crippen molar-refractivity contribution >= 4 is 29.3 Å².